The van der Waals surface area contributed by atoms with Crippen LogP contribution in [0.15, 0.2) is 21.2 Å². The van der Waals surface area contributed by atoms with E-state index in [1.165, 1.54) is 11.0 Å². The van der Waals surface area contributed by atoms with Gasteiger partial charge in [-0.25, -0.2) is 4.79 Å². The molecule has 1 aromatic rings. The van der Waals surface area contributed by atoms with Gasteiger partial charge in [-0.15, -0.1) is 0 Å². The zero-order valence-corrected chi connectivity index (χ0v) is 10.3. The topological polar surface area (TPSA) is 80.0 Å². The number of hydrogen-bond acceptors (Lipinski definition) is 4. The molecule has 1 saturated heterocycles. The van der Waals surface area contributed by atoms with Crippen molar-refractivity contribution in [2.75, 3.05) is 19.8 Å². The van der Waals surface area contributed by atoms with Crippen molar-refractivity contribution < 1.29 is 23.8 Å². The van der Waals surface area contributed by atoms with Gasteiger partial charge in [0, 0.05) is 6.54 Å². The second-order valence-electron chi connectivity index (χ2n) is 3.53. The number of carbonyl (C=O) groups excluding carboxylic acids is 1. The second-order valence-corrected chi connectivity index (χ2v) is 4.31. The van der Waals surface area contributed by atoms with Gasteiger partial charge in [-0.1, -0.05) is 0 Å². The van der Waals surface area contributed by atoms with Crippen LogP contribution in [0.5, 0.6) is 0 Å². The van der Waals surface area contributed by atoms with E-state index in [2.05, 4.69) is 15.9 Å². The number of morpholine rings is 1. The number of carbonyl (C=O) groups is 2. The summed E-state index contributed by atoms with van der Waals surface area (Å²) < 4.78 is 10.6. The van der Waals surface area contributed by atoms with Crippen molar-refractivity contribution in [3.05, 3.63) is 22.6 Å². The molecule has 1 aliphatic rings. The van der Waals surface area contributed by atoms with Crippen LogP contribution < -0.4 is 0 Å². The molecule has 0 bridgehead atoms. The SMILES string of the molecule is O=C(O)[C@H]1COCCN1C(=O)c1ccc(Br)o1. The first-order valence-corrected chi connectivity index (χ1v) is 5.76. The quantitative estimate of drug-likeness (QED) is 0.880. The van der Waals surface area contributed by atoms with Crippen molar-refractivity contribution in [3.8, 4) is 0 Å². The maximum absolute atomic E-state index is 12.0. The maximum atomic E-state index is 12.0. The minimum Gasteiger partial charge on any atom is -0.480 e. The fraction of sp³-hybridized carbons (Fsp3) is 0.400. The van der Waals surface area contributed by atoms with Crippen LogP contribution in [0.2, 0.25) is 0 Å². The fourth-order valence-corrected chi connectivity index (χ4v) is 1.93. The molecule has 2 heterocycles. The summed E-state index contributed by atoms with van der Waals surface area (Å²) in [7, 11) is 0. The van der Waals surface area contributed by atoms with E-state index < -0.39 is 17.9 Å². The Morgan fingerprint density at radius 3 is 2.82 bits per heavy atom. The lowest BCUT2D eigenvalue weighted by Crippen LogP contribution is -2.52. The van der Waals surface area contributed by atoms with Gasteiger partial charge in [-0.2, -0.15) is 0 Å². The Bertz CT molecular complexity index is 444. The van der Waals surface area contributed by atoms with Gasteiger partial charge in [-0.3, -0.25) is 4.79 Å². The van der Waals surface area contributed by atoms with Crippen LogP contribution in [0.1, 0.15) is 10.6 Å². The Morgan fingerprint density at radius 2 is 2.24 bits per heavy atom. The molecule has 0 aromatic carbocycles. The number of nitrogens with zero attached hydrogens (tertiary/aromatic N) is 1. The summed E-state index contributed by atoms with van der Waals surface area (Å²) in [6.45, 7) is 0.578. The van der Waals surface area contributed by atoms with Crippen LogP contribution in [-0.2, 0) is 9.53 Å². The molecule has 6 nitrogen and oxygen atoms in total. The van der Waals surface area contributed by atoms with Crippen LogP contribution in [0, 0.1) is 0 Å². The maximum Gasteiger partial charge on any atom is 0.328 e. The molecule has 92 valence electrons. The largest absolute Gasteiger partial charge is 0.480 e. The van der Waals surface area contributed by atoms with Crippen LogP contribution in [-0.4, -0.2) is 47.7 Å². The van der Waals surface area contributed by atoms with Gasteiger partial charge in [0.1, 0.15) is 0 Å². The average Bonchev–Trinajstić information content (AvgIpc) is 2.75. The minimum absolute atomic E-state index is 0.00293. The molecule has 2 rings (SSSR count). The molecule has 0 saturated carbocycles. The number of hydrogen-bond donors (Lipinski definition) is 1. The number of ether oxygens (including phenoxy) is 1. The highest BCUT2D eigenvalue weighted by atomic mass is 79.9. The second kappa shape index (κ2) is 4.89. The smallest absolute Gasteiger partial charge is 0.328 e. The summed E-state index contributed by atoms with van der Waals surface area (Å²) in [5, 5.41) is 9.00. The lowest BCUT2D eigenvalue weighted by Gasteiger charge is -2.32. The predicted octanol–water partition coefficient (Wildman–Crippen LogP) is 0.968. The van der Waals surface area contributed by atoms with E-state index in [-0.39, 0.29) is 18.9 Å². The van der Waals surface area contributed by atoms with Gasteiger partial charge in [0.25, 0.3) is 5.91 Å². The molecule has 1 N–H and O–H groups in total. The number of carboxylic acid groups (broad SMARTS) is 1. The highest BCUT2D eigenvalue weighted by Crippen LogP contribution is 2.18. The zero-order valence-electron chi connectivity index (χ0n) is 8.76. The number of amides is 1. The summed E-state index contributed by atoms with van der Waals surface area (Å²) in [5.74, 6) is -1.40. The first-order valence-electron chi connectivity index (χ1n) is 4.96. The van der Waals surface area contributed by atoms with Crippen LogP contribution in [0.3, 0.4) is 0 Å². The number of aliphatic carboxylic acids is 1. The molecule has 0 spiro atoms. The lowest BCUT2D eigenvalue weighted by atomic mass is 10.2. The van der Waals surface area contributed by atoms with Crippen molar-refractivity contribution in [1.82, 2.24) is 4.90 Å². The van der Waals surface area contributed by atoms with Gasteiger partial charge in [0.2, 0.25) is 0 Å². The molecule has 1 fully saturated rings. The highest BCUT2D eigenvalue weighted by molar-refractivity contribution is 9.10. The molecular weight excluding hydrogens is 294 g/mol. The first kappa shape index (κ1) is 12.1. The van der Waals surface area contributed by atoms with Crippen LogP contribution in [0.4, 0.5) is 0 Å². The van der Waals surface area contributed by atoms with Gasteiger partial charge in [0.05, 0.1) is 13.2 Å². The summed E-state index contributed by atoms with van der Waals surface area (Å²) >= 11 is 3.09. The van der Waals surface area contributed by atoms with E-state index in [1.807, 2.05) is 0 Å². The molecule has 0 unspecified atom stereocenters. The third kappa shape index (κ3) is 2.50. The van der Waals surface area contributed by atoms with E-state index in [0.29, 0.717) is 11.3 Å². The fourth-order valence-electron chi connectivity index (χ4n) is 1.62. The molecule has 1 amide bonds. The van der Waals surface area contributed by atoms with Gasteiger partial charge in [-0.05, 0) is 28.1 Å². The van der Waals surface area contributed by atoms with E-state index >= 15 is 0 Å². The molecule has 1 aliphatic heterocycles. The zero-order chi connectivity index (χ0) is 12.4. The van der Waals surface area contributed by atoms with E-state index in [4.69, 9.17) is 14.3 Å². The Balaban J connectivity index is 2.19. The molecule has 0 aliphatic carbocycles. The Hall–Kier alpha value is -1.34. The summed E-state index contributed by atoms with van der Waals surface area (Å²) in [6.07, 6.45) is 0. The monoisotopic (exact) mass is 303 g/mol. The van der Waals surface area contributed by atoms with Crippen molar-refractivity contribution in [2.24, 2.45) is 0 Å². The Labute approximate surface area is 105 Å². The average molecular weight is 304 g/mol. The van der Waals surface area contributed by atoms with Crippen molar-refractivity contribution in [2.45, 2.75) is 6.04 Å². The number of carboxylic acids is 1. The minimum atomic E-state index is -1.08. The van der Waals surface area contributed by atoms with Gasteiger partial charge < -0.3 is 19.2 Å². The molecule has 1 aromatic heterocycles. The number of furan rings is 1. The van der Waals surface area contributed by atoms with E-state index in [0.717, 1.165) is 0 Å². The molecule has 17 heavy (non-hydrogen) atoms. The van der Waals surface area contributed by atoms with Gasteiger partial charge in [0.15, 0.2) is 16.5 Å². The third-order valence-electron chi connectivity index (χ3n) is 2.46. The summed E-state index contributed by atoms with van der Waals surface area (Å²) in [5.41, 5.74) is 0. The van der Waals surface area contributed by atoms with E-state index in [1.54, 1.807) is 6.07 Å². The highest BCUT2D eigenvalue weighted by Gasteiger charge is 2.34. The van der Waals surface area contributed by atoms with Crippen LogP contribution >= 0.6 is 15.9 Å². The van der Waals surface area contributed by atoms with Gasteiger partial charge >= 0.3 is 5.97 Å². The molecular formula is C10H10BrNO5. The molecule has 1 atom stereocenters. The van der Waals surface area contributed by atoms with E-state index in [9.17, 15) is 9.59 Å². The normalized spacial score (nSPS) is 20.3. The summed E-state index contributed by atoms with van der Waals surface area (Å²) in [6, 6.07) is 2.13. The summed E-state index contributed by atoms with van der Waals surface area (Å²) in [4.78, 5) is 24.3. The lowest BCUT2D eigenvalue weighted by molar-refractivity contribution is -0.147. The standard InChI is InChI=1S/C10H10BrNO5/c11-8-2-1-7(17-8)9(13)12-3-4-16-5-6(12)10(14)15/h1-2,6H,3-5H2,(H,14,15)/t6-/m1/s1. The Kier molecular flexibility index (Phi) is 3.49. The number of rotatable bonds is 2. The number of halogens is 1. The predicted molar refractivity (Wildman–Crippen MR) is 59.7 cm³/mol. The van der Waals surface area contributed by atoms with Crippen molar-refractivity contribution >= 4 is 27.8 Å². The molecule has 0 radical (unpaired) electrons. The Morgan fingerprint density at radius 1 is 1.47 bits per heavy atom. The van der Waals surface area contributed by atoms with Crippen molar-refractivity contribution in [3.63, 3.8) is 0 Å². The molecule has 7 heteroatoms. The first-order chi connectivity index (χ1) is 8.09. The van der Waals surface area contributed by atoms with Crippen LogP contribution in [0.25, 0.3) is 0 Å². The third-order valence-corrected chi connectivity index (χ3v) is 2.88. The van der Waals surface area contributed by atoms with Crippen molar-refractivity contribution in [1.29, 1.82) is 0 Å².